The van der Waals surface area contributed by atoms with Gasteiger partial charge >= 0.3 is 5.97 Å². The molecule has 138 valence electrons. The standard InChI is InChI=1S/C17H21F2NO5/c1-24-13-8-12(9-17(22)23)20(10-13)16(21)3-2-6-25-15-5-4-11(18)7-14(15)19/h4-5,7,12-13H,2-3,6,8-10H2,1H3,(H,22,23). The highest BCUT2D eigenvalue weighted by Gasteiger charge is 2.36. The molecule has 2 rings (SSSR count). The highest BCUT2D eigenvalue weighted by Crippen LogP contribution is 2.24. The van der Waals surface area contributed by atoms with Crippen LogP contribution in [0.15, 0.2) is 18.2 Å². The van der Waals surface area contributed by atoms with Gasteiger partial charge in [0, 0.05) is 32.2 Å². The van der Waals surface area contributed by atoms with Gasteiger partial charge < -0.3 is 19.5 Å². The average Bonchev–Trinajstić information content (AvgIpc) is 2.95. The molecule has 8 heteroatoms. The van der Waals surface area contributed by atoms with Crippen LogP contribution in [-0.4, -0.2) is 54.3 Å². The molecule has 1 aromatic carbocycles. The van der Waals surface area contributed by atoms with Crippen LogP contribution in [0.1, 0.15) is 25.7 Å². The van der Waals surface area contributed by atoms with Crippen LogP contribution in [0, 0.1) is 11.6 Å². The third-order valence-corrected chi connectivity index (χ3v) is 4.13. The zero-order chi connectivity index (χ0) is 18.4. The molecule has 0 spiro atoms. The van der Waals surface area contributed by atoms with Gasteiger partial charge in [0.15, 0.2) is 11.6 Å². The fraction of sp³-hybridized carbons (Fsp3) is 0.529. The molecule has 2 unspecified atom stereocenters. The van der Waals surface area contributed by atoms with E-state index >= 15 is 0 Å². The Bertz CT molecular complexity index is 625. The molecule has 6 nitrogen and oxygen atoms in total. The lowest BCUT2D eigenvalue weighted by molar-refractivity contribution is -0.140. The number of carboxylic acid groups (broad SMARTS) is 1. The van der Waals surface area contributed by atoms with Crippen LogP contribution in [0.3, 0.4) is 0 Å². The summed E-state index contributed by atoms with van der Waals surface area (Å²) in [6.07, 6.45) is 0.686. The van der Waals surface area contributed by atoms with Gasteiger partial charge in [0.2, 0.25) is 5.91 Å². The maximum absolute atomic E-state index is 13.4. The van der Waals surface area contributed by atoms with Crippen molar-refractivity contribution in [1.29, 1.82) is 0 Å². The van der Waals surface area contributed by atoms with E-state index in [9.17, 15) is 18.4 Å². The molecule has 1 amide bonds. The van der Waals surface area contributed by atoms with E-state index in [0.717, 1.165) is 12.1 Å². The Kier molecular flexibility index (Phi) is 6.69. The van der Waals surface area contributed by atoms with Crippen molar-refractivity contribution in [2.45, 2.75) is 37.8 Å². The van der Waals surface area contributed by atoms with Crippen molar-refractivity contribution in [2.75, 3.05) is 20.3 Å². The van der Waals surface area contributed by atoms with Gasteiger partial charge in [-0.3, -0.25) is 9.59 Å². The summed E-state index contributed by atoms with van der Waals surface area (Å²) >= 11 is 0. The highest BCUT2D eigenvalue weighted by molar-refractivity contribution is 5.78. The summed E-state index contributed by atoms with van der Waals surface area (Å²) in [4.78, 5) is 24.8. The Morgan fingerprint density at radius 2 is 2.12 bits per heavy atom. The lowest BCUT2D eigenvalue weighted by Gasteiger charge is -2.23. The monoisotopic (exact) mass is 357 g/mol. The molecular weight excluding hydrogens is 336 g/mol. The lowest BCUT2D eigenvalue weighted by atomic mass is 10.1. The Morgan fingerprint density at radius 3 is 2.76 bits per heavy atom. The third-order valence-electron chi connectivity index (χ3n) is 4.13. The van der Waals surface area contributed by atoms with Crippen molar-refractivity contribution in [3.05, 3.63) is 29.8 Å². The van der Waals surface area contributed by atoms with Gasteiger partial charge in [-0.2, -0.15) is 0 Å². The molecule has 1 saturated heterocycles. The molecule has 1 heterocycles. The number of carboxylic acids is 1. The molecule has 2 atom stereocenters. The number of benzene rings is 1. The number of halogens is 2. The number of amides is 1. The summed E-state index contributed by atoms with van der Waals surface area (Å²) in [7, 11) is 1.53. The zero-order valence-electron chi connectivity index (χ0n) is 13.9. The largest absolute Gasteiger partial charge is 0.491 e. The van der Waals surface area contributed by atoms with Gasteiger partial charge in [-0.15, -0.1) is 0 Å². The van der Waals surface area contributed by atoms with E-state index in [4.69, 9.17) is 14.6 Å². The number of nitrogens with zero attached hydrogens (tertiary/aromatic N) is 1. The number of carbonyl (C=O) groups excluding carboxylic acids is 1. The number of hydrogen-bond donors (Lipinski definition) is 1. The van der Waals surface area contributed by atoms with E-state index in [1.54, 1.807) is 0 Å². The van der Waals surface area contributed by atoms with Crippen LogP contribution in [0.4, 0.5) is 8.78 Å². The number of ether oxygens (including phenoxy) is 2. The predicted octanol–water partition coefficient (Wildman–Crippen LogP) is 2.21. The minimum atomic E-state index is -0.963. The van der Waals surface area contributed by atoms with Crippen LogP contribution in [0.5, 0.6) is 5.75 Å². The fourth-order valence-corrected chi connectivity index (χ4v) is 2.89. The topological polar surface area (TPSA) is 76.1 Å². The van der Waals surface area contributed by atoms with Crippen LogP contribution in [0.2, 0.25) is 0 Å². The van der Waals surface area contributed by atoms with E-state index in [-0.39, 0.29) is 43.3 Å². The highest BCUT2D eigenvalue weighted by atomic mass is 19.1. The van der Waals surface area contributed by atoms with E-state index in [1.165, 1.54) is 18.1 Å². The molecular formula is C17H21F2NO5. The van der Waals surface area contributed by atoms with Crippen LogP contribution < -0.4 is 4.74 Å². The molecule has 1 aromatic rings. The van der Waals surface area contributed by atoms with Gasteiger partial charge in [-0.1, -0.05) is 0 Å². The summed E-state index contributed by atoms with van der Waals surface area (Å²) in [6.45, 7) is 0.458. The normalized spacial score (nSPS) is 19.9. The smallest absolute Gasteiger partial charge is 0.305 e. The summed E-state index contributed by atoms with van der Waals surface area (Å²) in [5.74, 6) is -2.71. The van der Waals surface area contributed by atoms with Crippen molar-refractivity contribution >= 4 is 11.9 Å². The molecule has 0 aliphatic carbocycles. The number of methoxy groups -OCH3 is 1. The number of carbonyl (C=O) groups is 2. The maximum Gasteiger partial charge on any atom is 0.305 e. The van der Waals surface area contributed by atoms with Crippen LogP contribution in [-0.2, 0) is 14.3 Å². The summed E-state index contributed by atoms with van der Waals surface area (Å²) < 4.78 is 36.7. The molecule has 0 aromatic heterocycles. The Labute approximate surface area is 144 Å². The molecule has 25 heavy (non-hydrogen) atoms. The van der Waals surface area contributed by atoms with Crippen molar-refractivity contribution in [3.8, 4) is 5.75 Å². The Morgan fingerprint density at radius 1 is 1.36 bits per heavy atom. The van der Waals surface area contributed by atoms with E-state index < -0.39 is 17.6 Å². The van der Waals surface area contributed by atoms with Gasteiger partial charge in [-0.25, -0.2) is 8.78 Å². The molecule has 0 saturated carbocycles. The van der Waals surface area contributed by atoms with Crippen molar-refractivity contribution < 1.29 is 33.0 Å². The zero-order valence-corrected chi connectivity index (χ0v) is 13.9. The minimum absolute atomic E-state index is 0.0711. The second kappa shape index (κ2) is 8.75. The molecule has 0 radical (unpaired) electrons. The number of hydrogen-bond acceptors (Lipinski definition) is 4. The van der Waals surface area contributed by atoms with Gasteiger partial charge in [0.05, 0.1) is 19.1 Å². The third kappa shape index (κ3) is 5.38. The first-order valence-corrected chi connectivity index (χ1v) is 8.02. The lowest BCUT2D eigenvalue weighted by Crippen LogP contribution is -2.37. The molecule has 0 bridgehead atoms. The molecule has 1 aliphatic rings. The average molecular weight is 357 g/mol. The van der Waals surface area contributed by atoms with Crippen LogP contribution in [0.25, 0.3) is 0 Å². The quantitative estimate of drug-likeness (QED) is 0.722. The molecule has 1 aliphatic heterocycles. The SMILES string of the molecule is COC1CC(CC(=O)O)N(C(=O)CCCOc2ccc(F)cc2F)C1. The van der Waals surface area contributed by atoms with Gasteiger partial charge in [0.1, 0.15) is 5.82 Å². The number of likely N-dealkylation sites (tertiary alicyclic amines) is 1. The number of aliphatic carboxylic acids is 1. The molecule has 1 N–H and O–H groups in total. The fourth-order valence-electron chi connectivity index (χ4n) is 2.89. The first-order valence-electron chi connectivity index (χ1n) is 8.02. The van der Waals surface area contributed by atoms with E-state index in [2.05, 4.69) is 0 Å². The van der Waals surface area contributed by atoms with E-state index in [1.807, 2.05) is 0 Å². The summed E-state index contributed by atoms with van der Waals surface area (Å²) in [5.41, 5.74) is 0. The van der Waals surface area contributed by atoms with Crippen molar-refractivity contribution in [3.63, 3.8) is 0 Å². The first-order chi connectivity index (χ1) is 11.9. The van der Waals surface area contributed by atoms with Gasteiger partial charge in [-0.05, 0) is 25.0 Å². The Balaban J connectivity index is 1.81. The predicted molar refractivity (Wildman–Crippen MR) is 84.3 cm³/mol. The van der Waals surface area contributed by atoms with Crippen molar-refractivity contribution in [1.82, 2.24) is 4.90 Å². The Hall–Kier alpha value is -2.22. The first kappa shape index (κ1) is 19.1. The number of rotatable bonds is 8. The minimum Gasteiger partial charge on any atom is -0.491 e. The maximum atomic E-state index is 13.4. The van der Waals surface area contributed by atoms with Gasteiger partial charge in [0.25, 0.3) is 0 Å². The van der Waals surface area contributed by atoms with Crippen molar-refractivity contribution in [2.24, 2.45) is 0 Å². The second-order valence-electron chi connectivity index (χ2n) is 5.92. The van der Waals surface area contributed by atoms with E-state index in [0.29, 0.717) is 19.4 Å². The molecule has 1 fully saturated rings. The summed E-state index contributed by atoms with van der Waals surface area (Å²) in [5, 5.41) is 8.96. The summed E-state index contributed by atoms with van der Waals surface area (Å²) in [6, 6.07) is 2.63. The second-order valence-corrected chi connectivity index (χ2v) is 5.92. The van der Waals surface area contributed by atoms with Crippen LogP contribution >= 0.6 is 0 Å².